The summed E-state index contributed by atoms with van der Waals surface area (Å²) in [7, 11) is -0.680. The Morgan fingerprint density at radius 2 is 2.05 bits per heavy atom. The van der Waals surface area contributed by atoms with Gasteiger partial charge in [0.1, 0.15) is 6.61 Å². The molecule has 120 valence electrons. The molecule has 0 spiro atoms. The molecule has 0 saturated carbocycles. The van der Waals surface area contributed by atoms with Crippen LogP contribution in [0.2, 0.25) is 0 Å². The molecule has 21 heavy (non-hydrogen) atoms. The van der Waals surface area contributed by atoms with Gasteiger partial charge in [0, 0.05) is 20.6 Å². The zero-order chi connectivity index (χ0) is 16.0. The lowest BCUT2D eigenvalue weighted by molar-refractivity contribution is 0.0215. The predicted octanol–water partition coefficient (Wildman–Crippen LogP) is 1.21. The Kier molecular flexibility index (Phi) is 6.31. The topological polar surface area (TPSA) is 84.7 Å². The van der Waals surface area contributed by atoms with Gasteiger partial charge >= 0.3 is 0 Å². The lowest BCUT2D eigenvalue weighted by Gasteiger charge is -2.14. The number of sulfonamides is 1. The van der Waals surface area contributed by atoms with Crippen molar-refractivity contribution in [3.8, 4) is 0 Å². The van der Waals surface area contributed by atoms with Crippen LogP contribution in [0.1, 0.15) is 0 Å². The van der Waals surface area contributed by atoms with E-state index in [1.165, 1.54) is 32.3 Å². The van der Waals surface area contributed by atoms with Crippen LogP contribution in [-0.4, -0.2) is 53.0 Å². The van der Waals surface area contributed by atoms with E-state index in [0.717, 1.165) is 4.31 Å². The Morgan fingerprint density at radius 3 is 2.57 bits per heavy atom. The van der Waals surface area contributed by atoms with Gasteiger partial charge < -0.3 is 15.8 Å². The highest BCUT2D eigenvalue weighted by Gasteiger charge is 2.17. The summed E-state index contributed by atoms with van der Waals surface area (Å²) in [5, 5.41) is 2.89. The Bertz CT molecular complexity index is 565. The molecule has 6 nitrogen and oxygen atoms in total. The van der Waals surface area contributed by atoms with Crippen LogP contribution in [0.25, 0.3) is 0 Å². The van der Waals surface area contributed by atoms with Crippen LogP contribution < -0.4 is 11.1 Å². The van der Waals surface area contributed by atoms with E-state index in [-0.39, 0.29) is 23.7 Å². The average molecular weight is 323 g/mol. The third-order valence-corrected chi connectivity index (χ3v) is 4.42. The van der Waals surface area contributed by atoms with E-state index < -0.39 is 23.1 Å². The van der Waals surface area contributed by atoms with Crippen molar-refractivity contribution in [2.45, 2.75) is 11.3 Å². The highest BCUT2D eigenvalue weighted by Crippen LogP contribution is 2.23. The smallest absolute Gasteiger partial charge is 0.261 e. The molecule has 0 fully saturated rings. The number of ether oxygens (including phenoxy) is 1. The maximum Gasteiger partial charge on any atom is 0.261 e. The third kappa shape index (κ3) is 5.10. The molecule has 1 aromatic carbocycles. The molecule has 0 aliphatic carbocycles. The number of nitrogen functional groups attached to an aromatic ring is 1. The lowest BCUT2D eigenvalue weighted by atomic mass is 10.2. The minimum Gasteiger partial charge on any atom is -0.397 e. The standard InChI is InChI=1S/C12H19F2N3O3S/c1-17(2)21(18,19)9-3-4-11(10(15)7-9)16-5-6-20-8-12(13)14/h3-4,7,12,16H,5-6,8,15H2,1-2H3. The molecular formula is C12H19F2N3O3S. The van der Waals surface area contributed by atoms with Crippen molar-refractivity contribution in [2.75, 3.05) is 44.9 Å². The molecule has 9 heteroatoms. The zero-order valence-corrected chi connectivity index (χ0v) is 12.7. The molecular weight excluding hydrogens is 304 g/mol. The second-order valence-electron chi connectivity index (χ2n) is 4.43. The van der Waals surface area contributed by atoms with Crippen molar-refractivity contribution in [3.05, 3.63) is 18.2 Å². The van der Waals surface area contributed by atoms with Crippen LogP contribution in [0.15, 0.2) is 23.1 Å². The van der Waals surface area contributed by atoms with Crippen molar-refractivity contribution in [1.29, 1.82) is 0 Å². The summed E-state index contributed by atoms with van der Waals surface area (Å²) in [6, 6.07) is 4.30. The number of nitrogens with zero attached hydrogens (tertiary/aromatic N) is 1. The summed E-state index contributed by atoms with van der Waals surface area (Å²) < 4.78 is 53.3. The number of hydrogen-bond acceptors (Lipinski definition) is 5. The average Bonchev–Trinajstić information content (AvgIpc) is 2.39. The summed E-state index contributed by atoms with van der Waals surface area (Å²) in [5.41, 5.74) is 6.55. The third-order valence-electron chi connectivity index (χ3n) is 2.61. The fourth-order valence-corrected chi connectivity index (χ4v) is 2.44. The van der Waals surface area contributed by atoms with E-state index in [1.54, 1.807) is 0 Å². The molecule has 0 bridgehead atoms. The zero-order valence-electron chi connectivity index (χ0n) is 11.8. The predicted molar refractivity (Wildman–Crippen MR) is 77.0 cm³/mol. The summed E-state index contributed by atoms with van der Waals surface area (Å²) in [4.78, 5) is 0.0875. The van der Waals surface area contributed by atoms with Gasteiger partial charge in [0.05, 0.1) is 22.9 Å². The van der Waals surface area contributed by atoms with Gasteiger partial charge in [-0.1, -0.05) is 0 Å². The molecule has 0 amide bonds. The molecule has 1 rings (SSSR count). The molecule has 0 heterocycles. The van der Waals surface area contributed by atoms with Crippen molar-refractivity contribution >= 4 is 21.4 Å². The van der Waals surface area contributed by atoms with E-state index >= 15 is 0 Å². The molecule has 0 unspecified atom stereocenters. The highest BCUT2D eigenvalue weighted by atomic mass is 32.2. The molecule has 0 atom stereocenters. The van der Waals surface area contributed by atoms with E-state index in [2.05, 4.69) is 5.32 Å². The number of benzene rings is 1. The number of halogens is 2. The van der Waals surface area contributed by atoms with Gasteiger partial charge in [-0.05, 0) is 18.2 Å². The van der Waals surface area contributed by atoms with E-state index in [9.17, 15) is 17.2 Å². The number of nitrogens with one attached hydrogen (secondary N) is 1. The molecule has 0 aliphatic rings. The van der Waals surface area contributed by atoms with Crippen LogP contribution in [0, 0.1) is 0 Å². The van der Waals surface area contributed by atoms with Gasteiger partial charge in [-0.3, -0.25) is 0 Å². The number of nitrogens with two attached hydrogens (primary N) is 1. The van der Waals surface area contributed by atoms with Crippen LogP contribution in [0.5, 0.6) is 0 Å². The van der Waals surface area contributed by atoms with Gasteiger partial charge in [0.25, 0.3) is 6.43 Å². The van der Waals surface area contributed by atoms with Gasteiger partial charge in [0.15, 0.2) is 0 Å². The number of anilines is 2. The Hall–Kier alpha value is -1.45. The molecule has 1 aromatic rings. The van der Waals surface area contributed by atoms with Crippen molar-refractivity contribution in [1.82, 2.24) is 4.31 Å². The summed E-state index contributed by atoms with van der Waals surface area (Å²) in [6.45, 7) is -0.227. The van der Waals surface area contributed by atoms with Gasteiger partial charge in [-0.15, -0.1) is 0 Å². The van der Waals surface area contributed by atoms with Crippen LogP contribution in [-0.2, 0) is 14.8 Å². The molecule has 0 aromatic heterocycles. The van der Waals surface area contributed by atoms with E-state index in [4.69, 9.17) is 10.5 Å². The second kappa shape index (κ2) is 7.53. The summed E-state index contributed by atoms with van der Waals surface area (Å²) in [6.07, 6.45) is -2.49. The molecule has 0 radical (unpaired) electrons. The minimum atomic E-state index is -3.54. The molecule has 0 saturated heterocycles. The first kappa shape index (κ1) is 17.6. The fourth-order valence-electron chi connectivity index (χ4n) is 1.50. The molecule has 3 N–H and O–H groups in total. The van der Waals surface area contributed by atoms with Crippen LogP contribution in [0.3, 0.4) is 0 Å². The second-order valence-corrected chi connectivity index (χ2v) is 6.58. The largest absolute Gasteiger partial charge is 0.397 e. The number of alkyl halides is 2. The Morgan fingerprint density at radius 1 is 1.38 bits per heavy atom. The summed E-state index contributed by atoms with van der Waals surface area (Å²) >= 11 is 0. The van der Waals surface area contributed by atoms with Crippen molar-refractivity contribution < 1.29 is 21.9 Å². The molecule has 0 aliphatic heterocycles. The SMILES string of the molecule is CN(C)S(=O)(=O)c1ccc(NCCOCC(F)F)c(N)c1. The normalized spacial score (nSPS) is 12.1. The first-order valence-electron chi connectivity index (χ1n) is 6.17. The van der Waals surface area contributed by atoms with Crippen LogP contribution >= 0.6 is 0 Å². The summed E-state index contributed by atoms with van der Waals surface area (Å²) in [5.74, 6) is 0. The van der Waals surface area contributed by atoms with Crippen molar-refractivity contribution in [2.24, 2.45) is 0 Å². The van der Waals surface area contributed by atoms with E-state index in [0.29, 0.717) is 5.69 Å². The first-order chi connectivity index (χ1) is 9.75. The monoisotopic (exact) mass is 323 g/mol. The van der Waals surface area contributed by atoms with E-state index in [1.807, 2.05) is 0 Å². The lowest BCUT2D eigenvalue weighted by Crippen LogP contribution is -2.22. The Balaban J connectivity index is 2.63. The number of hydrogen-bond donors (Lipinski definition) is 2. The Labute approximate surface area is 122 Å². The van der Waals surface area contributed by atoms with Gasteiger partial charge in [0.2, 0.25) is 10.0 Å². The van der Waals surface area contributed by atoms with Gasteiger partial charge in [-0.2, -0.15) is 0 Å². The fraction of sp³-hybridized carbons (Fsp3) is 0.500. The highest BCUT2D eigenvalue weighted by molar-refractivity contribution is 7.89. The van der Waals surface area contributed by atoms with Crippen LogP contribution in [0.4, 0.5) is 20.2 Å². The quantitative estimate of drug-likeness (QED) is 0.555. The van der Waals surface area contributed by atoms with Crippen molar-refractivity contribution in [3.63, 3.8) is 0 Å². The maximum atomic E-state index is 11.9. The first-order valence-corrected chi connectivity index (χ1v) is 7.61. The maximum absolute atomic E-state index is 11.9. The minimum absolute atomic E-state index is 0.0875. The van der Waals surface area contributed by atoms with Gasteiger partial charge in [-0.25, -0.2) is 21.5 Å². The number of rotatable bonds is 8.